The van der Waals surface area contributed by atoms with Gasteiger partial charge in [-0.2, -0.15) is 0 Å². The van der Waals surface area contributed by atoms with E-state index < -0.39 is 34.3 Å². The second kappa shape index (κ2) is 13.9. The van der Waals surface area contributed by atoms with Crippen molar-refractivity contribution in [3.8, 4) is 5.75 Å². The van der Waals surface area contributed by atoms with Gasteiger partial charge in [0.05, 0.1) is 17.7 Å². The number of ether oxygens (including phenoxy) is 1. The van der Waals surface area contributed by atoms with E-state index in [9.17, 15) is 22.4 Å². The number of carbonyl (C=O) groups is 2. The molecule has 2 amide bonds. The van der Waals surface area contributed by atoms with Crippen LogP contribution in [-0.2, 0) is 26.2 Å². The molecule has 0 saturated carbocycles. The van der Waals surface area contributed by atoms with Crippen molar-refractivity contribution in [3.63, 3.8) is 0 Å². The van der Waals surface area contributed by atoms with Crippen molar-refractivity contribution >= 4 is 27.5 Å². The van der Waals surface area contributed by atoms with Crippen molar-refractivity contribution in [2.24, 2.45) is 0 Å². The zero-order valence-electron chi connectivity index (χ0n) is 23.2. The zero-order chi connectivity index (χ0) is 29.3. The second-order valence-corrected chi connectivity index (χ2v) is 11.3. The first kappa shape index (κ1) is 30.6. The maximum Gasteiger partial charge on any atom is 0.264 e. The van der Waals surface area contributed by atoms with Crippen LogP contribution in [0, 0.1) is 5.82 Å². The van der Waals surface area contributed by atoms with Gasteiger partial charge in [-0.1, -0.05) is 44.2 Å². The summed E-state index contributed by atoms with van der Waals surface area (Å²) in [7, 11) is -2.72. The van der Waals surface area contributed by atoms with E-state index in [2.05, 4.69) is 5.32 Å². The molecule has 0 unspecified atom stereocenters. The lowest BCUT2D eigenvalue weighted by Gasteiger charge is -2.33. The minimum atomic E-state index is -4.26. The summed E-state index contributed by atoms with van der Waals surface area (Å²) in [5, 5.41) is 2.95. The van der Waals surface area contributed by atoms with Crippen molar-refractivity contribution < 1.29 is 27.1 Å². The predicted molar refractivity (Wildman–Crippen MR) is 153 cm³/mol. The van der Waals surface area contributed by atoms with E-state index in [0.29, 0.717) is 18.6 Å². The van der Waals surface area contributed by atoms with Gasteiger partial charge in [-0.3, -0.25) is 13.9 Å². The normalized spacial score (nSPS) is 12.7. The molecule has 0 aliphatic carbocycles. The number of hydrogen-bond donors (Lipinski definition) is 1. The van der Waals surface area contributed by atoms with Crippen LogP contribution in [0.15, 0.2) is 83.8 Å². The summed E-state index contributed by atoms with van der Waals surface area (Å²) in [5.74, 6) is -0.875. The van der Waals surface area contributed by atoms with Crippen LogP contribution in [0.5, 0.6) is 5.75 Å². The Morgan fingerprint density at radius 3 is 2.23 bits per heavy atom. The predicted octanol–water partition coefficient (Wildman–Crippen LogP) is 4.75. The van der Waals surface area contributed by atoms with Crippen molar-refractivity contribution in [1.29, 1.82) is 0 Å². The highest BCUT2D eigenvalue weighted by Crippen LogP contribution is 2.25. The van der Waals surface area contributed by atoms with Crippen molar-refractivity contribution in [2.75, 3.05) is 18.0 Å². The maximum absolute atomic E-state index is 14.0. The highest BCUT2D eigenvalue weighted by Gasteiger charge is 2.34. The minimum absolute atomic E-state index is 0.0572. The molecule has 40 heavy (non-hydrogen) atoms. The van der Waals surface area contributed by atoms with Gasteiger partial charge in [-0.05, 0) is 73.9 Å². The monoisotopic (exact) mass is 569 g/mol. The molecule has 3 rings (SSSR count). The van der Waals surface area contributed by atoms with E-state index in [1.54, 1.807) is 55.5 Å². The van der Waals surface area contributed by atoms with Gasteiger partial charge in [0.25, 0.3) is 10.0 Å². The summed E-state index contributed by atoms with van der Waals surface area (Å²) in [6, 6.07) is 18.8. The molecule has 0 saturated heterocycles. The lowest BCUT2D eigenvalue weighted by molar-refractivity contribution is -0.140. The Labute approximate surface area is 235 Å². The molecule has 1 N–H and O–H groups in total. The number of sulfonamides is 1. The van der Waals surface area contributed by atoms with Gasteiger partial charge in [0, 0.05) is 12.6 Å². The van der Waals surface area contributed by atoms with Crippen LogP contribution in [0.3, 0.4) is 0 Å². The van der Waals surface area contributed by atoms with Gasteiger partial charge in [-0.15, -0.1) is 0 Å². The summed E-state index contributed by atoms with van der Waals surface area (Å²) >= 11 is 0. The Morgan fingerprint density at radius 1 is 0.950 bits per heavy atom. The standard InChI is InChI=1S/C30H36FN3O5S/c1-5-22(3)32-30(36)28(6-2)33(20-23-11-10-14-26(19-23)39-4)29(35)21-34(25-12-8-7-9-13-25)40(37,38)27-17-15-24(31)16-18-27/h7-19,22,28H,5-6,20-21H2,1-4H3,(H,32,36)/t22-,28+/m1/s1. The van der Waals surface area contributed by atoms with Crippen LogP contribution in [0.4, 0.5) is 10.1 Å². The van der Waals surface area contributed by atoms with E-state index in [1.807, 2.05) is 19.9 Å². The molecule has 3 aromatic carbocycles. The number of nitrogens with one attached hydrogen (secondary N) is 1. The third-order valence-corrected chi connectivity index (χ3v) is 8.39. The number of benzene rings is 3. The van der Waals surface area contributed by atoms with Gasteiger partial charge in [0.1, 0.15) is 24.2 Å². The van der Waals surface area contributed by atoms with Crippen molar-refractivity contribution in [2.45, 2.75) is 57.1 Å². The van der Waals surface area contributed by atoms with Gasteiger partial charge < -0.3 is 15.0 Å². The average molecular weight is 570 g/mol. The number of anilines is 1. The first-order valence-electron chi connectivity index (χ1n) is 13.2. The third kappa shape index (κ3) is 7.59. The van der Waals surface area contributed by atoms with Crippen molar-refractivity contribution in [3.05, 3.63) is 90.2 Å². The zero-order valence-corrected chi connectivity index (χ0v) is 24.0. The molecular formula is C30H36FN3O5S. The molecule has 0 aliphatic rings. The largest absolute Gasteiger partial charge is 0.497 e. The van der Waals surface area contributed by atoms with E-state index in [-0.39, 0.29) is 29.1 Å². The lowest BCUT2D eigenvalue weighted by Crippen LogP contribution is -2.53. The summed E-state index contributed by atoms with van der Waals surface area (Å²) in [6.45, 7) is 5.12. The molecule has 8 nitrogen and oxygen atoms in total. The number of rotatable bonds is 13. The topological polar surface area (TPSA) is 96.0 Å². The lowest BCUT2D eigenvalue weighted by atomic mass is 10.1. The van der Waals surface area contributed by atoms with Crippen LogP contribution in [-0.4, -0.2) is 50.9 Å². The number of carbonyl (C=O) groups excluding carboxylic acids is 2. The Kier molecular flexibility index (Phi) is 10.7. The number of methoxy groups -OCH3 is 1. The quantitative estimate of drug-likeness (QED) is 0.321. The van der Waals surface area contributed by atoms with Crippen LogP contribution in [0.1, 0.15) is 39.2 Å². The van der Waals surface area contributed by atoms with Crippen LogP contribution < -0.4 is 14.4 Å². The smallest absolute Gasteiger partial charge is 0.264 e. The number of halogens is 1. The third-order valence-electron chi connectivity index (χ3n) is 6.60. The highest BCUT2D eigenvalue weighted by molar-refractivity contribution is 7.92. The molecule has 214 valence electrons. The van der Waals surface area contributed by atoms with E-state index in [4.69, 9.17) is 4.74 Å². The molecule has 0 heterocycles. The van der Waals surface area contributed by atoms with Gasteiger partial charge in [-0.25, -0.2) is 12.8 Å². The van der Waals surface area contributed by atoms with Crippen LogP contribution in [0.25, 0.3) is 0 Å². The molecule has 0 aromatic heterocycles. The summed E-state index contributed by atoms with van der Waals surface area (Å²) in [6.07, 6.45) is 1.03. The summed E-state index contributed by atoms with van der Waals surface area (Å²) in [4.78, 5) is 28.6. The average Bonchev–Trinajstić information content (AvgIpc) is 2.96. The number of amides is 2. The SMILES string of the molecule is CC[C@@H](C)NC(=O)[C@H](CC)N(Cc1cccc(OC)c1)C(=O)CN(c1ccccc1)S(=O)(=O)c1ccc(F)cc1. The molecule has 0 radical (unpaired) electrons. The fourth-order valence-electron chi connectivity index (χ4n) is 4.18. The molecule has 0 aliphatic heterocycles. The molecule has 10 heteroatoms. The number of hydrogen-bond acceptors (Lipinski definition) is 5. The first-order chi connectivity index (χ1) is 19.1. The summed E-state index contributed by atoms with van der Waals surface area (Å²) in [5.41, 5.74) is 0.980. The summed E-state index contributed by atoms with van der Waals surface area (Å²) < 4.78 is 47.4. The Morgan fingerprint density at radius 2 is 1.62 bits per heavy atom. The van der Waals surface area contributed by atoms with Crippen LogP contribution in [0.2, 0.25) is 0 Å². The highest BCUT2D eigenvalue weighted by atomic mass is 32.2. The molecule has 0 bridgehead atoms. The fourth-order valence-corrected chi connectivity index (χ4v) is 5.60. The molecule has 0 fully saturated rings. The van der Waals surface area contributed by atoms with E-state index in [1.165, 1.54) is 12.0 Å². The molecule has 2 atom stereocenters. The molecule has 3 aromatic rings. The minimum Gasteiger partial charge on any atom is -0.497 e. The van der Waals surface area contributed by atoms with E-state index >= 15 is 0 Å². The Bertz CT molecular complexity index is 1380. The van der Waals surface area contributed by atoms with Gasteiger partial charge in [0.2, 0.25) is 11.8 Å². The Balaban J connectivity index is 2.04. The maximum atomic E-state index is 14.0. The number of nitrogens with zero attached hydrogens (tertiary/aromatic N) is 2. The molecule has 0 spiro atoms. The fraction of sp³-hybridized carbons (Fsp3) is 0.333. The Hall–Kier alpha value is -3.92. The molecular weight excluding hydrogens is 533 g/mol. The first-order valence-corrected chi connectivity index (χ1v) is 14.6. The second-order valence-electron chi connectivity index (χ2n) is 9.42. The van der Waals surface area contributed by atoms with Crippen molar-refractivity contribution in [1.82, 2.24) is 10.2 Å². The van der Waals surface area contributed by atoms with E-state index in [0.717, 1.165) is 34.1 Å². The van der Waals surface area contributed by atoms with Gasteiger partial charge >= 0.3 is 0 Å². The van der Waals surface area contributed by atoms with Crippen LogP contribution >= 0.6 is 0 Å². The number of para-hydroxylation sites is 1. The van der Waals surface area contributed by atoms with Gasteiger partial charge in [0.15, 0.2) is 0 Å².